The summed E-state index contributed by atoms with van der Waals surface area (Å²) in [7, 11) is 0. The zero-order valence-electron chi connectivity index (χ0n) is 11.4. The number of hydrogen-bond acceptors (Lipinski definition) is 5. The number of rotatable bonds is 2. The van der Waals surface area contributed by atoms with Crippen molar-refractivity contribution in [2.45, 2.75) is 12.8 Å². The van der Waals surface area contributed by atoms with Gasteiger partial charge in [0.05, 0.1) is 4.92 Å². The molecule has 0 amide bonds. The number of hydrogen-bond donors (Lipinski definition) is 1. The second kappa shape index (κ2) is 5.40. The Labute approximate surface area is 121 Å². The Balaban J connectivity index is 1.89. The Morgan fingerprint density at radius 2 is 1.95 bits per heavy atom. The average molecular weight is 285 g/mol. The van der Waals surface area contributed by atoms with Crippen LogP contribution in [0.4, 0.5) is 11.5 Å². The van der Waals surface area contributed by atoms with Crippen molar-refractivity contribution in [3.63, 3.8) is 0 Å². The summed E-state index contributed by atoms with van der Waals surface area (Å²) < 4.78 is 0. The van der Waals surface area contributed by atoms with Crippen molar-refractivity contribution in [2.24, 2.45) is 0 Å². The van der Waals surface area contributed by atoms with Gasteiger partial charge in [-0.2, -0.15) is 0 Å². The molecule has 108 valence electrons. The van der Waals surface area contributed by atoms with Gasteiger partial charge in [-0.05, 0) is 42.2 Å². The molecule has 0 radical (unpaired) electrons. The average Bonchev–Trinajstić information content (AvgIpc) is 2.69. The van der Waals surface area contributed by atoms with E-state index in [9.17, 15) is 15.2 Å². The summed E-state index contributed by atoms with van der Waals surface area (Å²) in [5.41, 5.74) is 2.30. The molecule has 21 heavy (non-hydrogen) atoms. The fraction of sp³-hybridized carbons (Fsp3) is 0.267. The normalized spacial score (nSPS) is 14.4. The van der Waals surface area contributed by atoms with Crippen LogP contribution in [0, 0.1) is 10.1 Å². The van der Waals surface area contributed by atoms with E-state index >= 15 is 0 Å². The van der Waals surface area contributed by atoms with E-state index in [2.05, 4.69) is 4.98 Å². The summed E-state index contributed by atoms with van der Waals surface area (Å²) in [5, 5.41) is 20.7. The molecule has 0 atom stereocenters. The third-order valence-electron chi connectivity index (χ3n) is 3.75. The van der Waals surface area contributed by atoms with Gasteiger partial charge in [-0.25, -0.2) is 4.98 Å². The molecule has 1 aliphatic rings. The van der Waals surface area contributed by atoms with Crippen LogP contribution in [0.25, 0.3) is 0 Å². The van der Waals surface area contributed by atoms with E-state index in [1.807, 2.05) is 11.0 Å². The zero-order valence-corrected chi connectivity index (χ0v) is 11.4. The van der Waals surface area contributed by atoms with Crippen LogP contribution in [0.3, 0.4) is 0 Å². The SMILES string of the molecule is O=[N+]([O-])c1cccnc1N1CCc2ccc(O)cc2CC1. The van der Waals surface area contributed by atoms with Gasteiger partial charge in [0, 0.05) is 25.4 Å². The van der Waals surface area contributed by atoms with Gasteiger partial charge in [0.2, 0.25) is 5.82 Å². The third kappa shape index (κ3) is 2.65. The Morgan fingerprint density at radius 3 is 2.71 bits per heavy atom. The van der Waals surface area contributed by atoms with Crippen molar-refractivity contribution >= 4 is 11.5 Å². The highest BCUT2D eigenvalue weighted by Gasteiger charge is 2.22. The number of pyridine rings is 1. The maximum atomic E-state index is 11.1. The molecule has 0 unspecified atom stereocenters. The highest BCUT2D eigenvalue weighted by atomic mass is 16.6. The van der Waals surface area contributed by atoms with Crippen molar-refractivity contribution in [3.8, 4) is 5.75 Å². The van der Waals surface area contributed by atoms with Crippen molar-refractivity contribution in [2.75, 3.05) is 18.0 Å². The summed E-state index contributed by atoms with van der Waals surface area (Å²) in [6.45, 7) is 1.32. The third-order valence-corrected chi connectivity index (χ3v) is 3.75. The standard InChI is InChI=1S/C15H15N3O3/c19-13-4-3-11-5-8-17(9-6-12(11)10-13)15-14(18(20)21)2-1-7-16-15/h1-4,7,10,19H,5-6,8-9H2. The van der Waals surface area contributed by atoms with Crippen LogP contribution in [0.1, 0.15) is 11.1 Å². The molecule has 6 heteroatoms. The number of fused-ring (bicyclic) bond motifs is 1. The van der Waals surface area contributed by atoms with Gasteiger partial charge < -0.3 is 10.0 Å². The number of nitrogens with zero attached hydrogens (tertiary/aromatic N) is 3. The van der Waals surface area contributed by atoms with E-state index in [1.165, 1.54) is 11.6 Å². The van der Waals surface area contributed by atoms with E-state index in [-0.39, 0.29) is 11.4 Å². The summed E-state index contributed by atoms with van der Waals surface area (Å²) >= 11 is 0. The second-order valence-corrected chi connectivity index (χ2v) is 5.04. The van der Waals surface area contributed by atoms with Crippen LogP contribution in [0.15, 0.2) is 36.5 Å². The number of phenolic OH excluding ortho intramolecular Hbond substituents is 1. The molecular weight excluding hydrogens is 270 g/mol. The first-order chi connectivity index (χ1) is 10.1. The Hall–Kier alpha value is -2.63. The van der Waals surface area contributed by atoms with Gasteiger partial charge in [0.25, 0.3) is 0 Å². The van der Waals surface area contributed by atoms with Crippen molar-refractivity contribution < 1.29 is 10.0 Å². The maximum Gasteiger partial charge on any atom is 0.311 e. The van der Waals surface area contributed by atoms with Crippen LogP contribution in [-0.2, 0) is 12.8 Å². The van der Waals surface area contributed by atoms with E-state index in [0.29, 0.717) is 18.9 Å². The minimum atomic E-state index is -0.397. The molecule has 1 aliphatic heterocycles. The lowest BCUT2D eigenvalue weighted by atomic mass is 10.0. The molecular formula is C15H15N3O3. The Morgan fingerprint density at radius 1 is 1.19 bits per heavy atom. The number of benzene rings is 1. The van der Waals surface area contributed by atoms with Crippen LogP contribution in [0.2, 0.25) is 0 Å². The van der Waals surface area contributed by atoms with E-state index in [4.69, 9.17) is 0 Å². The van der Waals surface area contributed by atoms with Gasteiger partial charge in [0.1, 0.15) is 5.75 Å². The van der Waals surface area contributed by atoms with Gasteiger partial charge in [-0.1, -0.05) is 6.07 Å². The van der Waals surface area contributed by atoms with Crippen LogP contribution in [0.5, 0.6) is 5.75 Å². The maximum absolute atomic E-state index is 11.1. The molecule has 2 aromatic rings. The smallest absolute Gasteiger partial charge is 0.311 e. The molecule has 0 saturated heterocycles. The number of anilines is 1. The first-order valence-electron chi connectivity index (χ1n) is 6.80. The van der Waals surface area contributed by atoms with Gasteiger partial charge in [0.15, 0.2) is 0 Å². The molecule has 0 saturated carbocycles. The molecule has 6 nitrogen and oxygen atoms in total. The Kier molecular flexibility index (Phi) is 3.43. The number of aromatic hydroxyl groups is 1. The van der Waals surface area contributed by atoms with Gasteiger partial charge in [-0.3, -0.25) is 10.1 Å². The monoisotopic (exact) mass is 285 g/mol. The molecule has 0 aliphatic carbocycles. The molecule has 1 N–H and O–H groups in total. The van der Waals surface area contributed by atoms with Crippen LogP contribution < -0.4 is 4.90 Å². The quantitative estimate of drug-likeness (QED) is 0.676. The molecule has 1 aromatic carbocycles. The second-order valence-electron chi connectivity index (χ2n) is 5.04. The summed E-state index contributed by atoms with van der Waals surface area (Å²) in [6.07, 6.45) is 3.09. The minimum Gasteiger partial charge on any atom is -0.508 e. The molecule has 2 heterocycles. The van der Waals surface area contributed by atoms with Crippen molar-refractivity contribution in [1.29, 1.82) is 0 Å². The number of nitro groups is 1. The molecule has 0 bridgehead atoms. The van der Waals surface area contributed by atoms with E-state index in [1.54, 1.807) is 24.4 Å². The largest absolute Gasteiger partial charge is 0.508 e. The van der Waals surface area contributed by atoms with Crippen molar-refractivity contribution in [1.82, 2.24) is 4.98 Å². The summed E-state index contributed by atoms with van der Waals surface area (Å²) in [5.74, 6) is 0.672. The summed E-state index contributed by atoms with van der Waals surface area (Å²) in [6, 6.07) is 8.42. The minimum absolute atomic E-state index is 0.0336. The van der Waals surface area contributed by atoms with Gasteiger partial charge >= 0.3 is 5.69 Å². The number of phenols is 1. The fourth-order valence-electron chi connectivity index (χ4n) is 2.70. The highest BCUT2D eigenvalue weighted by Crippen LogP contribution is 2.28. The highest BCUT2D eigenvalue weighted by molar-refractivity contribution is 5.58. The van der Waals surface area contributed by atoms with E-state index in [0.717, 1.165) is 18.4 Å². The lowest BCUT2D eigenvalue weighted by molar-refractivity contribution is -0.384. The number of aromatic nitrogens is 1. The molecule has 0 fully saturated rings. The lowest BCUT2D eigenvalue weighted by Crippen LogP contribution is -2.27. The molecule has 1 aromatic heterocycles. The molecule has 3 rings (SSSR count). The van der Waals surface area contributed by atoms with Crippen LogP contribution >= 0.6 is 0 Å². The zero-order chi connectivity index (χ0) is 14.8. The first kappa shape index (κ1) is 13.4. The topological polar surface area (TPSA) is 79.5 Å². The summed E-state index contributed by atoms with van der Waals surface area (Å²) in [4.78, 5) is 16.8. The van der Waals surface area contributed by atoms with Gasteiger partial charge in [-0.15, -0.1) is 0 Å². The van der Waals surface area contributed by atoms with Crippen molar-refractivity contribution in [3.05, 3.63) is 57.8 Å². The Bertz CT molecular complexity index is 688. The van der Waals surface area contributed by atoms with Crippen LogP contribution in [-0.4, -0.2) is 28.1 Å². The predicted molar refractivity (Wildman–Crippen MR) is 78.6 cm³/mol. The predicted octanol–water partition coefficient (Wildman–Crippen LogP) is 2.30. The lowest BCUT2D eigenvalue weighted by Gasteiger charge is -2.20. The first-order valence-corrected chi connectivity index (χ1v) is 6.80. The fourth-order valence-corrected chi connectivity index (χ4v) is 2.70. The molecule has 0 spiro atoms. The van der Waals surface area contributed by atoms with E-state index < -0.39 is 4.92 Å².